The van der Waals surface area contributed by atoms with E-state index in [1.54, 1.807) is 12.1 Å². The molecule has 0 aliphatic carbocycles. The van der Waals surface area contributed by atoms with Crippen LogP contribution < -0.4 is 5.32 Å². The summed E-state index contributed by atoms with van der Waals surface area (Å²) < 4.78 is 0. The molecule has 1 aliphatic rings. The summed E-state index contributed by atoms with van der Waals surface area (Å²) >= 11 is 6.12. The lowest BCUT2D eigenvalue weighted by molar-refractivity contribution is 0.0672. The molecule has 2 aromatic rings. The molecule has 0 bridgehead atoms. The third kappa shape index (κ3) is 3.06. The van der Waals surface area contributed by atoms with Gasteiger partial charge in [0, 0.05) is 12.1 Å². The fourth-order valence-corrected chi connectivity index (χ4v) is 2.93. The Labute approximate surface area is 149 Å². The van der Waals surface area contributed by atoms with Gasteiger partial charge in [-0.25, -0.2) is 0 Å². The zero-order chi connectivity index (χ0) is 18.1. The minimum Gasteiger partial charge on any atom is -0.321 e. The number of imide groups is 1. The van der Waals surface area contributed by atoms with Gasteiger partial charge in [-0.2, -0.15) is 0 Å². The number of hydrogen-bond acceptors (Lipinski definition) is 3. The fourth-order valence-electron chi connectivity index (χ4n) is 2.64. The SMILES string of the molecule is C=CCN1C(=O)c2ccc(C(=O)Nc3ccc(C)cc3Cl)cc2C1=O. The van der Waals surface area contributed by atoms with E-state index >= 15 is 0 Å². The number of amides is 3. The first-order valence-corrected chi connectivity index (χ1v) is 7.99. The molecule has 2 aromatic carbocycles. The van der Waals surface area contributed by atoms with Gasteiger partial charge in [0.25, 0.3) is 17.7 Å². The van der Waals surface area contributed by atoms with Crippen LogP contribution in [0, 0.1) is 6.92 Å². The van der Waals surface area contributed by atoms with Crippen molar-refractivity contribution in [3.63, 3.8) is 0 Å². The highest BCUT2D eigenvalue weighted by Gasteiger charge is 2.35. The van der Waals surface area contributed by atoms with E-state index in [1.807, 2.05) is 13.0 Å². The molecule has 0 unspecified atom stereocenters. The van der Waals surface area contributed by atoms with Crippen molar-refractivity contribution in [1.82, 2.24) is 4.90 Å². The topological polar surface area (TPSA) is 66.5 Å². The lowest BCUT2D eigenvalue weighted by atomic mass is 10.1. The second-order valence-corrected chi connectivity index (χ2v) is 6.11. The Hall–Kier alpha value is -2.92. The number of benzene rings is 2. The summed E-state index contributed by atoms with van der Waals surface area (Å²) in [6, 6.07) is 9.72. The number of nitrogens with zero attached hydrogens (tertiary/aromatic N) is 1. The van der Waals surface area contributed by atoms with E-state index in [0.717, 1.165) is 10.5 Å². The number of hydrogen-bond donors (Lipinski definition) is 1. The van der Waals surface area contributed by atoms with E-state index in [0.29, 0.717) is 10.7 Å². The summed E-state index contributed by atoms with van der Waals surface area (Å²) in [6.45, 7) is 5.57. The zero-order valence-electron chi connectivity index (χ0n) is 13.5. The summed E-state index contributed by atoms with van der Waals surface area (Å²) in [5.41, 5.74) is 2.24. The molecule has 5 nitrogen and oxygen atoms in total. The highest BCUT2D eigenvalue weighted by molar-refractivity contribution is 6.34. The van der Waals surface area contributed by atoms with Crippen LogP contribution in [0.2, 0.25) is 5.02 Å². The van der Waals surface area contributed by atoms with Crippen molar-refractivity contribution in [2.45, 2.75) is 6.92 Å². The van der Waals surface area contributed by atoms with Crippen LogP contribution in [0.5, 0.6) is 0 Å². The van der Waals surface area contributed by atoms with Gasteiger partial charge in [0.15, 0.2) is 0 Å². The summed E-state index contributed by atoms with van der Waals surface area (Å²) in [4.78, 5) is 38.1. The Bertz CT molecular complexity index is 921. The second-order valence-electron chi connectivity index (χ2n) is 5.71. The van der Waals surface area contributed by atoms with Crippen LogP contribution in [0.1, 0.15) is 36.6 Å². The molecule has 0 radical (unpaired) electrons. The third-order valence-corrected chi connectivity index (χ3v) is 4.23. The first-order chi connectivity index (χ1) is 11.9. The van der Waals surface area contributed by atoms with Crippen LogP contribution in [0.25, 0.3) is 0 Å². The monoisotopic (exact) mass is 354 g/mol. The fraction of sp³-hybridized carbons (Fsp3) is 0.105. The number of anilines is 1. The van der Waals surface area contributed by atoms with Crippen LogP contribution in [0.4, 0.5) is 5.69 Å². The Balaban J connectivity index is 1.88. The molecule has 1 aliphatic heterocycles. The second kappa shape index (κ2) is 6.53. The molecule has 126 valence electrons. The first kappa shape index (κ1) is 16.9. The first-order valence-electron chi connectivity index (χ1n) is 7.61. The summed E-state index contributed by atoms with van der Waals surface area (Å²) in [6.07, 6.45) is 1.48. The molecular weight excluding hydrogens is 340 g/mol. The van der Waals surface area contributed by atoms with Gasteiger partial charge in [-0.05, 0) is 42.8 Å². The molecule has 0 fully saturated rings. The van der Waals surface area contributed by atoms with Gasteiger partial charge in [0.1, 0.15) is 0 Å². The molecule has 0 atom stereocenters. The van der Waals surface area contributed by atoms with Crippen LogP contribution in [-0.4, -0.2) is 29.2 Å². The van der Waals surface area contributed by atoms with Crippen molar-refractivity contribution in [2.75, 3.05) is 11.9 Å². The number of fused-ring (bicyclic) bond motifs is 1. The van der Waals surface area contributed by atoms with Gasteiger partial charge in [0.05, 0.1) is 21.8 Å². The number of carbonyl (C=O) groups is 3. The molecule has 1 heterocycles. The minimum atomic E-state index is -0.428. The third-order valence-electron chi connectivity index (χ3n) is 3.92. The van der Waals surface area contributed by atoms with E-state index in [4.69, 9.17) is 11.6 Å². The standard InChI is InChI=1S/C19H15ClN2O3/c1-3-8-22-18(24)13-6-5-12(10-14(13)19(22)25)17(23)21-16-7-4-11(2)9-15(16)20/h3-7,9-10H,1,8H2,2H3,(H,21,23). The van der Waals surface area contributed by atoms with Crippen LogP contribution in [0.15, 0.2) is 49.1 Å². The number of halogens is 1. The summed E-state index contributed by atoms with van der Waals surface area (Å²) in [5, 5.41) is 3.14. The Morgan fingerprint density at radius 3 is 2.56 bits per heavy atom. The van der Waals surface area contributed by atoms with Crippen molar-refractivity contribution in [1.29, 1.82) is 0 Å². The number of rotatable bonds is 4. The molecule has 0 spiro atoms. The van der Waals surface area contributed by atoms with Crippen LogP contribution >= 0.6 is 11.6 Å². The van der Waals surface area contributed by atoms with Crippen molar-refractivity contribution in [2.24, 2.45) is 0 Å². The molecule has 6 heteroatoms. The van der Waals surface area contributed by atoms with E-state index in [1.165, 1.54) is 24.3 Å². The lowest BCUT2D eigenvalue weighted by Crippen LogP contribution is -2.29. The molecule has 0 saturated carbocycles. The predicted molar refractivity (Wildman–Crippen MR) is 96.1 cm³/mol. The number of nitrogens with one attached hydrogen (secondary N) is 1. The lowest BCUT2D eigenvalue weighted by Gasteiger charge is -2.09. The van der Waals surface area contributed by atoms with Crippen molar-refractivity contribution in [3.8, 4) is 0 Å². The molecule has 3 rings (SSSR count). The largest absolute Gasteiger partial charge is 0.321 e. The Kier molecular flexibility index (Phi) is 4.42. The quantitative estimate of drug-likeness (QED) is 0.672. The minimum absolute atomic E-state index is 0.132. The van der Waals surface area contributed by atoms with Gasteiger partial charge in [-0.3, -0.25) is 19.3 Å². The van der Waals surface area contributed by atoms with Crippen molar-refractivity contribution in [3.05, 3.63) is 76.3 Å². The van der Waals surface area contributed by atoms with Gasteiger partial charge >= 0.3 is 0 Å². The molecule has 25 heavy (non-hydrogen) atoms. The molecule has 0 aromatic heterocycles. The van der Waals surface area contributed by atoms with Crippen molar-refractivity contribution < 1.29 is 14.4 Å². The van der Waals surface area contributed by atoms with Gasteiger partial charge < -0.3 is 5.32 Å². The van der Waals surface area contributed by atoms with Crippen molar-refractivity contribution >= 4 is 35.0 Å². The van der Waals surface area contributed by atoms with Crippen LogP contribution in [-0.2, 0) is 0 Å². The van der Waals surface area contributed by atoms with E-state index in [2.05, 4.69) is 11.9 Å². The van der Waals surface area contributed by atoms with Gasteiger partial charge in [-0.15, -0.1) is 6.58 Å². The molecule has 0 saturated heterocycles. The predicted octanol–water partition coefficient (Wildman–Crippen LogP) is 3.68. The average Bonchev–Trinajstić information content (AvgIpc) is 2.82. The zero-order valence-corrected chi connectivity index (χ0v) is 14.3. The summed E-state index contributed by atoms with van der Waals surface area (Å²) in [7, 11) is 0. The molecular formula is C19H15ClN2O3. The summed E-state index contributed by atoms with van der Waals surface area (Å²) in [5.74, 6) is -1.22. The van der Waals surface area contributed by atoms with Gasteiger partial charge in [0.2, 0.25) is 0 Å². The molecule has 1 N–H and O–H groups in total. The maximum atomic E-state index is 12.5. The highest BCUT2D eigenvalue weighted by Crippen LogP contribution is 2.26. The maximum absolute atomic E-state index is 12.5. The normalized spacial score (nSPS) is 13.0. The van der Waals surface area contributed by atoms with E-state index in [-0.39, 0.29) is 29.1 Å². The molecule has 3 amide bonds. The van der Waals surface area contributed by atoms with Crippen LogP contribution in [0.3, 0.4) is 0 Å². The number of aryl methyl sites for hydroxylation is 1. The maximum Gasteiger partial charge on any atom is 0.261 e. The number of carbonyl (C=O) groups excluding carboxylic acids is 3. The van der Waals surface area contributed by atoms with E-state index in [9.17, 15) is 14.4 Å². The highest BCUT2D eigenvalue weighted by atomic mass is 35.5. The smallest absolute Gasteiger partial charge is 0.261 e. The van der Waals surface area contributed by atoms with Gasteiger partial charge in [-0.1, -0.05) is 23.7 Å². The Morgan fingerprint density at radius 2 is 1.88 bits per heavy atom. The average molecular weight is 355 g/mol. The van der Waals surface area contributed by atoms with E-state index < -0.39 is 11.8 Å². The Morgan fingerprint density at radius 1 is 1.16 bits per heavy atom.